The second-order valence-corrected chi connectivity index (χ2v) is 5.07. The summed E-state index contributed by atoms with van der Waals surface area (Å²) in [5.74, 6) is -0.674. The van der Waals surface area contributed by atoms with Crippen LogP contribution in [0, 0.1) is 0 Å². The summed E-state index contributed by atoms with van der Waals surface area (Å²) in [5, 5.41) is 2.70. The van der Waals surface area contributed by atoms with Crippen LogP contribution in [0.25, 0.3) is 10.4 Å². The van der Waals surface area contributed by atoms with Crippen LogP contribution in [0.15, 0.2) is 30.3 Å². The summed E-state index contributed by atoms with van der Waals surface area (Å²) >= 11 is 1.24. The minimum absolute atomic E-state index is 0.138. The van der Waals surface area contributed by atoms with Crippen LogP contribution < -0.4 is 16.8 Å². The first-order chi connectivity index (χ1) is 8.97. The Bertz CT molecular complexity index is 649. The summed E-state index contributed by atoms with van der Waals surface area (Å²) < 4.78 is 0. The first kappa shape index (κ1) is 13.1. The highest BCUT2D eigenvalue weighted by atomic mass is 32.1. The van der Waals surface area contributed by atoms with Gasteiger partial charge >= 0.3 is 0 Å². The number of nitrogens with two attached hydrogens (primary N) is 2. The highest BCUT2D eigenvalue weighted by Gasteiger charge is 2.12. The van der Waals surface area contributed by atoms with Gasteiger partial charge in [-0.2, -0.15) is 0 Å². The summed E-state index contributed by atoms with van der Waals surface area (Å²) in [6, 6.07) is 9.01. The van der Waals surface area contributed by atoms with E-state index in [1.54, 1.807) is 12.1 Å². The maximum absolute atomic E-state index is 11.2. The van der Waals surface area contributed by atoms with E-state index in [-0.39, 0.29) is 5.91 Å². The third-order valence-corrected chi connectivity index (χ3v) is 3.67. The number of carbonyl (C=O) groups excluding carboxylic acids is 2. The molecule has 0 bridgehead atoms. The van der Waals surface area contributed by atoms with Gasteiger partial charge in [-0.3, -0.25) is 9.59 Å². The molecule has 1 aromatic carbocycles. The van der Waals surface area contributed by atoms with Crippen molar-refractivity contribution in [3.63, 3.8) is 0 Å². The number of amides is 2. The molecule has 1 heterocycles. The van der Waals surface area contributed by atoms with Crippen LogP contribution >= 0.6 is 11.3 Å². The van der Waals surface area contributed by atoms with Gasteiger partial charge in [0, 0.05) is 17.5 Å². The third-order valence-electron chi connectivity index (χ3n) is 2.45. The average Bonchev–Trinajstić information content (AvgIpc) is 2.71. The molecule has 19 heavy (non-hydrogen) atoms. The topological polar surface area (TPSA) is 98.2 Å². The molecule has 0 unspecified atom stereocenters. The van der Waals surface area contributed by atoms with E-state index in [9.17, 15) is 9.59 Å². The molecule has 2 amide bonds. The van der Waals surface area contributed by atoms with Gasteiger partial charge < -0.3 is 16.8 Å². The van der Waals surface area contributed by atoms with Gasteiger partial charge in [0.1, 0.15) is 4.88 Å². The summed E-state index contributed by atoms with van der Waals surface area (Å²) in [6.45, 7) is 1.45. The van der Waals surface area contributed by atoms with E-state index in [2.05, 4.69) is 5.32 Å². The number of nitrogen functional groups attached to an aromatic ring is 1. The molecular formula is C13H13N3O2S. The number of rotatable bonds is 3. The lowest BCUT2D eigenvalue weighted by atomic mass is 10.1. The third kappa shape index (κ3) is 2.92. The van der Waals surface area contributed by atoms with E-state index in [4.69, 9.17) is 11.5 Å². The zero-order valence-electron chi connectivity index (χ0n) is 10.3. The molecule has 0 fully saturated rings. The molecule has 0 atom stereocenters. The Morgan fingerprint density at radius 3 is 2.58 bits per heavy atom. The predicted molar refractivity (Wildman–Crippen MR) is 77.0 cm³/mol. The van der Waals surface area contributed by atoms with E-state index in [0.717, 1.165) is 10.4 Å². The molecule has 6 heteroatoms. The minimum atomic E-state index is -0.535. The number of thiophene rings is 1. The van der Waals surface area contributed by atoms with Gasteiger partial charge in [-0.1, -0.05) is 12.1 Å². The van der Waals surface area contributed by atoms with Crippen molar-refractivity contribution < 1.29 is 9.59 Å². The van der Waals surface area contributed by atoms with Crippen molar-refractivity contribution in [3.8, 4) is 10.4 Å². The summed E-state index contributed by atoms with van der Waals surface area (Å²) in [7, 11) is 0. The average molecular weight is 275 g/mol. The first-order valence-corrected chi connectivity index (χ1v) is 6.36. The van der Waals surface area contributed by atoms with E-state index in [1.807, 2.05) is 18.2 Å². The van der Waals surface area contributed by atoms with Crippen LogP contribution in [0.1, 0.15) is 16.6 Å². The summed E-state index contributed by atoms with van der Waals surface area (Å²) in [6.07, 6.45) is 0. The van der Waals surface area contributed by atoms with E-state index in [1.165, 1.54) is 18.3 Å². The van der Waals surface area contributed by atoms with Gasteiger partial charge in [-0.25, -0.2) is 0 Å². The van der Waals surface area contributed by atoms with Gasteiger partial charge in [0.05, 0.1) is 5.69 Å². The van der Waals surface area contributed by atoms with Gasteiger partial charge in [0.2, 0.25) is 5.91 Å². The quantitative estimate of drug-likeness (QED) is 0.799. The van der Waals surface area contributed by atoms with Crippen LogP contribution in [0.5, 0.6) is 0 Å². The molecule has 5 N–H and O–H groups in total. The smallest absolute Gasteiger partial charge is 0.260 e. The number of hydrogen-bond acceptors (Lipinski definition) is 4. The van der Waals surface area contributed by atoms with E-state index < -0.39 is 5.91 Å². The number of nitrogens with one attached hydrogen (secondary N) is 1. The maximum atomic E-state index is 11.2. The molecule has 0 spiro atoms. The zero-order chi connectivity index (χ0) is 14.0. The Morgan fingerprint density at radius 1 is 1.26 bits per heavy atom. The second-order valence-electron chi connectivity index (χ2n) is 4.02. The standard InChI is InChI=1S/C13H13N3O2S/c1-7(17)16-9-4-2-3-8(5-9)11-6-10(14)12(19-11)13(15)18/h2-6H,14H2,1H3,(H2,15,18)(H,16,17). The molecule has 98 valence electrons. The molecule has 0 radical (unpaired) electrons. The first-order valence-electron chi connectivity index (χ1n) is 5.54. The highest BCUT2D eigenvalue weighted by molar-refractivity contribution is 7.18. The molecule has 2 aromatic rings. The van der Waals surface area contributed by atoms with Crippen molar-refractivity contribution in [2.75, 3.05) is 11.1 Å². The highest BCUT2D eigenvalue weighted by Crippen LogP contribution is 2.33. The molecule has 0 aliphatic heterocycles. The lowest BCUT2D eigenvalue weighted by Gasteiger charge is -2.03. The van der Waals surface area contributed by atoms with Crippen LogP contribution in [0.3, 0.4) is 0 Å². The molecule has 0 saturated heterocycles. The maximum Gasteiger partial charge on any atom is 0.260 e. The van der Waals surface area contributed by atoms with Crippen LogP contribution in [0.2, 0.25) is 0 Å². The number of primary amides is 1. The largest absolute Gasteiger partial charge is 0.397 e. The van der Waals surface area contributed by atoms with Gasteiger partial charge in [-0.15, -0.1) is 11.3 Å². The lowest BCUT2D eigenvalue weighted by Crippen LogP contribution is -2.10. The molecule has 5 nitrogen and oxygen atoms in total. The zero-order valence-corrected chi connectivity index (χ0v) is 11.1. The number of carbonyl (C=O) groups is 2. The normalized spacial score (nSPS) is 10.2. The van der Waals surface area contributed by atoms with Crippen molar-refractivity contribution in [3.05, 3.63) is 35.2 Å². The number of anilines is 2. The van der Waals surface area contributed by atoms with Crippen molar-refractivity contribution >= 4 is 34.5 Å². The van der Waals surface area contributed by atoms with Crippen molar-refractivity contribution in [2.45, 2.75) is 6.92 Å². The molecule has 0 saturated carbocycles. The second kappa shape index (κ2) is 5.11. The Hall–Kier alpha value is -2.34. The summed E-state index contributed by atoms with van der Waals surface area (Å²) in [4.78, 5) is 23.4. The van der Waals surface area contributed by atoms with Crippen molar-refractivity contribution in [1.29, 1.82) is 0 Å². The fourth-order valence-corrected chi connectivity index (χ4v) is 2.62. The number of hydrogen-bond donors (Lipinski definition) is 3. The van der Waals surface area contributed by atoms with Crippen LogP contribution in [0.4, 0.5) is 11.4 Å². The summed E-state index contributed by atoms with van der Waals surface area (Å²) in [5.41, 5.74) is 12.9. The monoisotopic (exact) mass is 275 g/mol. The lowest BCUT2D eigenvalue weighted by molar-refractivity contribution is -0.114. The van der Waals surface area contributed by atoms with Gasteiger partial charge in [0.15, 0.2) is 0 Å². The molecule has 2 rings (SSSR count). The van der Waals surface area contributed by atoms with Crippen LogP contribution in [-0.2, 0) is 4.79 Å². The fourth-order valence-electron chi connectivity index (χ4n) is 1.69. The molecular weight excluding hydrogens is 262 g/mol. The van der Waals surface area contributed by atoms with Gasteiger partial charge in [-0.05, 0) is 23.8 Å². The Labute approximate surface area is 114 Å². The Morgan fingerprint density at radius 2 is 2.00 bits per heavy atom. The van der Waals surface area contributed by atoms with E-state index in [0.29, 0.717) is 16.3 Å². The van der Waals surface area contributed by atoms with Crippen LogP contribution in [-0.4, -0.2) is 11.8 Å². The number of benzene rings is 1. The molecule has 1 aromatic heterocycles. The molecule has 0 aliphatic rings. The minimum Gasteiger partial charge on any atom is -0.397 e. The van der Waals surface area contributed by atoms with Crippen molar-refractivity contribution in [1.82, 2.24) is 0 Å². The Balaban J connectivity index is 2.39. The SMILES string of the molecule is CC(=O)Nc1cccc(-c2cc(N)c(C(N)=O)s2)c1. The predicted octanol–water partition coefficient (Wildman–Crippen LogP) is 2.05. The molecule has 0 aliphatic carbocycles. The van der Waals surface area contributed by atoms with Gasteiger partial charge in [0.25, 0.3) is 5.91 Å². The fraction of sp³-hybridized carbons (Fsp3) is 0.0769. The Kier molecular flexibility index (Phi) is 3.52. The van der Waals surface area contributed by atoms with Crippen molar-refractivity contribution in [2.24, 2.45) is 5.73 Å². The van der Waals surface area contributed by atoms with E-state index >= 15 is 0 Å².